The topological polar surface area (TPSA) is 84.0 Å². The second-order valence-corrected chi connectivity index (χ2v) is 9.36. The molecule has 4 fully saturated rings. The number of carbonyl (C=O) groups excluding carboxylic acids is 2. The van der Waals surface area contributed by atoms with Gasteiger partial charge in [0.2, 0.25) is 11.8 Å². The molecule has 4 bridgehead atoms. The molecule has 0 unspecified atom stereocenters. The number of hydrogen-bond donors (Lipinski definition) is 2. The Morgan fingerprint density at radius 3 is 2.12 bits per heavy atom. The van der Waals surface area contributed by atoms with Crippen LogP contribution in [0.2, 0.25) is 0 Å². The molecule has 2 amide bonds. The van der Waals surface area contributed by atoms with Gasteiger partial charge < -0.3 is 0 Å². The van der Waals surface area contributed by atoms with Crippen molar-refractivity contribution in [3.05, 3.63) is 17.5 Å². The standard InChI is InChI=1S/C19H26N4O2S/c1-11-3-12(2)21-18(20-11)26-10-16(24)22-23-17(25)19-7-13-4-14(8-19)6-15(5-13)9-19/h3,13-15H,4-10H2,1-2H3,(H,22,24)(H,23,25). The molecule has 0 aliphatic heterocycles. The lowest BCUT2D eigenvalue weighted by atomic mass is 9.49. The van der Waals surface area contributed by atoms with E-state index in [-0.39, 0.29) is 23.0 Å². The molecule has 0 spiro atoms. The lowest BCUT2D eigenvalue weighted by Crippen LogP contribution is -2.56. The third-order valence-corrected chi connectivity index (χ3v) is 6.98. The Hall–Kier alpha value is -1.63. The number of rotatable bonds is 4. The quantitative estimate of drug-likeness (QED) is 0.481. The first-order valence-electron chi connectivity index (χ1n) is 9.46. The molecule has 0 aromatic carbocycles. The van der Waals surface area contributed by atoms with Crippen molar-refractivity contribution in [3.8, 4) is 0 Å². The minimum Gasteiger partial charge on any atom is -0.273 e. The number of hydrazine groups is 1. The molecule has 7 heteroatoms. The number of amides is 2. The molecule has 1 heterocycles. The summed E-state index contributed by atoms with van der Waals surface area (Å²) in [6.45, 7) is 3.81. The average Bonchev–Trinajstić information content (AvgIpc) is 2.55. The van der Waals surface area contributed by atoms with E-state index in [1.807, 2.05) is 19.9 Å². The van der Waals surface area contributed by atoms with E-state index in [4.69, 9.17) is 0 Å². The number of aromatic nitrogens is 2. The first-order chi connectivity index (χ1) is 12.4. The molecule has 4 aliphatic carbocycles. The lowest BCUT2D eigenvalue weighted by molar-refractivity contribution is -0.148. The predicted octanol–water partition coefficient (Wildman–Crippen LogP) is 2.55. The number of aryl methyl sites for hydroxylation is 2. The van der Waals surface area contributed by atoms with Crippen molar-refractivity contribution in [1.82, 2.24) is 20.8 Å². The van der Waals surface area contributed by atoms with Crippen LogP contribution in [-0.2, 0) is 9.59 Å². The highest BCUT2D eigenvalue weighted by molar-refractivity contribution is 7.99. The van der Waals surface area contributed by atoms with Crippen LogP contribution in [0.5, 0.6) is 0 Å². The summed E-state index contributed by atoms with van der Waals surface area (Å²) in [5.41, 5.74) is 6.82. The highest BCUT2D eigenvalue weighted by Gasteiger charge is 2.54. The van der Waals surface area contributed by atoms with E-state index >= 15 is 0 Å². The molecule has 0 atom stereocenters. The summed E-state index contributed by atoms with van der Waals surface area (Å²) in [5, 5.41) is 0.588. The molecule has 140 valence electrons. The minimum atomic E-state index is -0.244. The van der Waals surface area contributed by atoms with Gasteiger partial charge in [0.25, 0.3) is 0 Å². The molecule has 4 saturated carbocycles. The zero-order valence-corrected chi connectivity index (χ0v) is 16.2. The van der Waals surface area contributed by atoms with Gasteiger partial charge in [0.1, 0.15) is 0 Å². The Morgan fingerprint density at radius 1 is 1.04 bits per heavy atom. The van der Waals surface area contributed by atoms with E-state index in [0.717, 1.165) is 30.7 Å². The number of nitrogens with one attached hydrogen (secondary N) is 2. The second kappa shape index (κ2) is 6.83. The van der Waals surface area contributed by atoms with Crippen LogP contribution in [-0.4, -0.2) is 27.5 Å². The summed E-state index contributed by atoms with van der Waals surface area (Å²) < 4.78 is 0. The van der Waals surface area contributed by atoms with E-state index in [2.05, 4.69) is 20.8 Å². The summed E-state index contributed by atoms with van der Waals surface area (Å²) >= 11 is 1.28. The van der Waals surface area contributed by atoms with E-state index in [0.29, 0.717) is 22.9 Å². The fraction of sp³-hybridized carbons (Fsp3) is 0.684. The van der Waals surface area contributed by atoms with E-state index < -0.39 is 0 Å². The van der Waals surface area contributed by atoms with Crippen LogP contribution in [0.15, 0.2) is 11.2 Å². The second-order valence-electron chi connectivity index (χ2n) is 8.42. The maximum absolute atomic E-state index is 12.8. The third kappa shape index (κ3) is 3.59. The molecule has 0 radical (unpaired) electrons. The summed E-state index contributed by atoms with van der Waals surface area (Å²) in [5.74, 6) is 2.10. The molecule has 0 saturated heterocycles. The fourth-order valence-electron chi connectivity index (χ4n) is 5.57. The van der Waals surface area contributed by atoms with Crippen molar-refractivity contribution in [2.24, 2.45) is 23.2 Å². The Bertz CT molecular complexity index is 681. The molecular weight excluding hydrogens is 348 g/mol. The zero-order chi connectivity index (χ0) is 18.3. The Balaban J connectivity index is 1.28. The van der Waals surface area contributed by atoms with Crippen molar-refractivity contribution < 1.29 is 9.59 Å². The van der Waals surface area contributed by atoms with Gasteiger partial charge in [-0.1, -0.05) is 11.8 Å². The molecule has 26 heavy (non-hydrogen) atoms. The lowest BCUT2D eigenvalue weighted by Gasteiger charge is -2.55. The Morgan fingerprint density at radius 2 is 1.58 bits per heavy atom. The van der Waals surface area contributed by atoms with Gasteiger partial charge in [0.05, 0.1) is 11.2 Å². The monoisotopic (exact) mass is 374 g/mol. The van der Waals surface area contributed by atoms with Crippen molar-refractivity contribution in [2.75, 3.05) is 5.75 Å². The molecule has 2 N–H and O–H groups in total. The Labute approximate surface area is 158 Å². The van der Waals surface area contributed by atoms with Crippen LogP contribution in [0.1, 0.15) is 49.9 Å². The summed E-state index contributed by atoms with van der Waals surface area (Å²) in [6.07, 6.45) is 6.87. The largest absolute Gasteiger partial charge is 0.273 e. The van der Waals surface area contributed by atoms with Gasteiger partial charge in [-0.05, 0) is 76.2 Å². The van der Waals surface area contributed by atoms with Crippen LogP contribution in [0.3, 0.4) is 0 Å². The van der Waals surface area contributed by atoms with Crippen LogP contribution >= 0.6 is 11.8 Å². The number of nitrogens with zero attached hydrogens (tertiary/aromatic N) is 2. The van der Waals surface area contributed by atoms with Gasteiger partial charge >= 0.3 is 0 Å². The molecule has 6 nitrogen and oxygen atoms in total. The van der Waals surface area contributed by atoms with E-state index in [1.165, 1.54) is 31.0 Å². The highest BCUT2D eigenvalue weighted by Crippen LogP contribution is 2.60. The van der Waals surface area contributed by atoms with Gasteiger partial charge in [0.15, 0.2) is 5.16 Å². The van der Waals surface area contributed by atoms with Gasteiger partial charge in [-0.2, -0.15) is 0 Å². The maximum atomic E-state index is 12.8. The van der Waals surface area contributed by atoms with Crippen LogP contribution in [0.4, 0.5) is 0 Å². The average molecular weight is 375 g/mol. The fourth-order valence-corrected chi connectivity index (χ4v) is 6.32. The van der Waals surface area contributed by atoms with Crippen molar-refractivity contribution in [2.45, 2.75) is 57.5 Å². The highest BCUT2D eigenvalue weighted by atomic mass is 32.2. The molecular formula is C19H26N4O2S. The van der Waals surface area contributed by atoms with Gasteiger partial charge in [-0.15, -0.1) is 0 Å². The summed E-state index contributed by atoms with van der Waals surface area (Å²) in [4.78, 5) is 33.5. The SMILES string of the molecule is Cc1cc(C)nc(SCC(=O)NNC(=O)C23CC4CC(CC(C4)C2)C3)n1. The molecule has 5 rings (SSSR count). The molecule has 1 aromatic rings. The van der Waals surface area contributed by atoms with Crippen molar-refractivity contribution in [3.63, 3.8) is 0 Å². The summed E-state index contributed by atoms with van der Waals surface area (Å²) in [7, 11) is 0. The smallest absolute Gasteiger partial charge is 0.248 e. The first kappa shape index (κ1) is 17.8. The van der Waals surface area contributed by atoms with Crippen LogP contribution < -0.4 is 10.9 Å². The molecule has 4 aliphatic rings. The molecule has 1 aromatic heterocycles. The predicted molar refractivity (Wildman–Crippen MR) is 99.1 cm³/mol. The van der Waals surface area contributed by atoms with Crippen LogP contribution in [0.25, 0.3) is 0 Å². The maximum Gasteiger partial charge on any atom is 0.248 e. The normalized spacial score (nSPS) is 31.7. The van der Waals surface area contributed by atoms with Gasteiger partial charge in [0, 0.05) is 11.4 Å². The van der Waals surface area contributed by atoms with E-state index in [9.17, 15) is 9.59 Å². The van der Waals surface area contributed by atoms with Gasteiger partial charge in [-0.25, -0.2) is 9.97 Å². The van der Waals surface area contributed by atoms with Crippen molar-refractivity contribution in [1.29, 1.82) is 0 Å². The zero-order valence-electron chi connectivity index (χ0n) is 15.4. The van der Waals surface area contributed by atoms with E-state index in [1.54, 1.807) is 0 Å². The third-order valence-electron chi connectivity index (χ3n) is 6.13. The Kier molecular flexibility index (Phi) is 4.67. The minimum absolute atomic E-state index is 0.0117. The van der Waals surface area contributed by atoms with Crippen LogP contribution in [0, 0.1) is 37.0 Å². The van der Waals surface area contributed by atoms with Crippen molar-refractivity contribution >= 4 is 23.6 Å². The number of hydrogen-bond acceptors (Lipinski definition) is 5. The number of carbonyl (C=O) groups is 2. The van der Waals surface area contributed by atoms with Gasteiger partial charge in [-0.3, -0.25) is 20.4 Å². The summed E-state index contributed by atoms with van der Waals surface area (Å²) in [6, 6.07) is 1.90. The first-order valence-corrected chi connectivity index (χ1v) is 10.4. The number of thioether (sulfide) groups is 1.